The lowest BCUT2D eigenvalue weighted by molar-refractivity contribution is -0.233. The highest BCUT2D eigenvalue weighted by atomic mass is 17.2. The van der Waals surface area contributed by atoms with Gasteiger partial charge in [0.05, 0.1) is 5.56 Å². The molecule has 0 bridgehead atoms. The zero-order chi connectivity index (χ0) is 15.8. The van der Waals surface area contributed by atoms with Crippen LogP contribution in [0.1, 0.15) is 73.0 Å². The van der Waals surface area contributed by atoms with Gasteiger partial charge >= 0.3 is 5.97 Å². The molecule has 117 valence electrons. The maximum atomic E-state index is 12.1. The van der Waals surface area contributed by atoms with Crippen LogP contribution in [0.25, 0.3) is 0 Å². The van der Waals surface area contributed by atoms with Gasteiger partial charge in [0.25, 0.3) is 0 Å². The van der Waals surface area contributed by atoms with E-state index in [2.05, 4.69) is 6.92 Å². The van der Waals surface area contributed by atoms with E-state index in [1.807, 2.05) is 39.8 Å². The first-order chi connectivity index (χ1) is 9.95. The van der Waals surface area contributed by atoms with Crippen LogP contribution >= 0.6 is 0 Å². The Morgan fingerprint density at radius 2 is 1.62 bits per heavy atom. The van der Waals surface area contributed by atoms with Gasteiger partial charge in [0, 0.05) is 0 Å². The van der Waals surface area contributed by atoms with Crippen LogP contribution in [0.3, 0.4) is 0 Å². The maximum absolute atomic E-state index is 12.1. The molecule has 0 atom stereocenters. The second kappa shape index (κ2) is 8.83. The number of benzene rings is 1. The highest BCUT2D eigenvalue weighted by molar-refractivity contribution is 5.92. The number of carbonyl (C=O) groups excluding carboxylic acids is 1. The highest BCUT2D eigenvalue weighted by Crippen LogP contribution is 2.19. The van der Waals surface area contributed by atoms with Gasteiger partial charge in [0.1, 0.15) is 6.10 Å². The van der Waals surface area contributed by atoms with Crippen LogP contribution in [-0.4, -0.2) is 5.97 Å². The van der Waals surface area contributed by atoms with Crippen molar-refractivity contribution in [2.45, 2.75) is 66.7 Å². The molecule has 3 nitrogen and oxygen atoms in total. The lowest BCUT2D eigenvalue weighted by Crippen LogP contribution is -2.12. The van der Waals surface area contributed by atoms with Gasteiger partial charge in [-0.2, -0.15) is 4.89 Å². The number of hydrogen-bond acceptors (Lipinski definition) is 3. The van der Waals surface area contributed by atoms with Crippen molar-refractivity contribution in [1.29, 1.82) is 0 Å². The predicted molar refractivity (Wildman–Crippen MR) is 84.8 cm³/mol. The molecule has 0 N–H and O–H groups in total. The Morgan fingerprint density at radius 3 is 2.19 bits per heavy atom. The van der Waals surface area contributed by atoms with E-state index in [0.717, 1.165) is 35.6 Å². The lowest BCUT2D eigenvalue weighted by Gasteiger charge is -2.13. The topological polar surface area (TPSA) is 35.5 Å². The SMILES string of the molecule is CCCCCC[C](C)OOC(=O)c1c(C)cc(C)cc1C. The average molecular weight is 291 g/mol. The molecule has 0 aliphatic carbocycles. The summed E-state index contributed by atoms with van der Waals surface area (Å²) >= 11 is 0. The summed E-state index contributed by atoms with van der Waals surface area (Å²) in [6, 6.07) is 3.95. The first kappa shape index (κ1) is 17.7. The van der Waals surface area contributed by atoms with Gasteiger partial charge in [-0.3, -0.25) is 4.89 Å². The summed E-state index contributed by atoms with van der Waals surface area (Å²) < 4.78 is 0. The minimum absolute atomic E-state index is 0.419. The second-order valence-corrected chi connectivity index (χ2v) is 5.74. The number of aryl methyl sites for hydroxylation is 3. The molecular formula is C18H27O3. The Kier molecular flexibility index (Phi) is 7.44. The predicted octanol–water partition coefficient (Wildman–Crippen LogP) is 5.22. The number of hydrogen-bond donors (Lipinski definition) is 0. The Morgan fingerprint density at radius 1 is 1.00 bits per heavy atom. The molecule has 0 spiro atoms. The standard InChI is InChI=1S/C18H27O3/c1-6-7-8-9-10-16(5)20-21-18(19)17-14(3)11-13(2)12-15(17)4/h11-12H,6-10H2,1-5H3. The molecule has 0 aliphatic heterocycles. The van der Waals surface area contributed by atoms with Crippen LogP contribution in [0.4, 0.5) is 0 Å². The third-order valence-electron chi connectivity index (χ3n) is 3.52. The molecule has 0 saturated heterocycles. The minimum Gasteiger partial charge on any atom is -0.292 e. The first-order valence-corrected chi connectivity index (χ1v) is 7.74. The zero-order valence-electron chi connectivity index (χ0n) is 13.9. The minimum atomic E-state index is -0.419. The van der Waals surface area contributed by atoms with Crippen LogP contribution in [0.5, 0.6) is 0 Å². The van der Waals surface area contributed by atoms with Crippen molar-refractivity contribution in [3.8, 4) is 0 Å². The van der Waals surface area contributed by atoms with Gasteiger partial charge in [-0.25, -0.2) is 4.79 Å². The van der Waals surface area contributed by atoms with E-state index in [-0.39, 0.29) is 0 Å². The Balaban J connectivity index is 2.47. The van der Waals surface area contributed by atoms with Gasteiger partial charge in [-0.15, -0.1) is 0 Å². The normalized spacial score (nSPS) is 11.0. The monoisotopic (exact) mass is 291 g/mol. The Bertz CT molecular complexity index is 443. The molecule has 0 heterocycles. The van der Waals surface area contributed by atoms with E-state index in [1.165, 1.54) is 19.3 Å². The fourth-order valence-corrected chi connectivity index (χ4v) is 2.50. The highest BCUT2D eigenvalue weighted by Gasteiger charge is 2.17. The smallest absolute Gasteiger partial charge is 0.292 e. The van der Waals surface area contributed by atoms with E-state index in [0.29, 0.717) is 5.56 Å². The molecule has 0 unspecified atom stereocenters. The van der Waals surface area contributed by atoms with Gasteiger partial charge in [-0.05, 0) is 45.2 Å². The zero-order valence-corrected chi connectivity index (χ0v) is 13.9. The maximum Gasteiger partial charge on any atom is 0.373 e. The molecule has 1 rings (SSSR count). The van der Waals surface area contributed by atoms with E-state index in [1.54, 1.807) is 0 Å². The van der Waals surface area contributed by atoms with Crippen LogP contribution < -0.4 is 0 Å². The molecule has 0 aliphatic rings. The van der Waals surface area contributed by atoms with E-state index in [9.17, 15) is 4.79 Å². The molecule has 1 aromatic carbocycles. The molecule has 3 heteroatoms. The number of rotatable bonds is 8. The van der Waals surface area contributed by atoms with E-state index < -0.39 is 5.97 Å². The van der Waals surface area contributed by atoms with Crippen molar-refractivity contribution in [1.82, 2.24) is 0 Å². The summed E-state index contributed by atoms with van der Waals surface area (Å²) in [5.74, 6) is -0.419. The van der Waals surface area contributed by atoms with Gasteiger partial charge in [-0.1, -0.05) is 50.3 Å². The van der Waals surface area contributed by atoms with E-state index >= 15 is 0 Å². The molecular weight excluding hydrogens is 264 g/mol. The fraction of sp³-hybridized carbons (Fsp3) is 0.556. The Labute approximate surface area is 128 Å². The van der Waals surface area contributed by atoms with Crippen molar-refractivity contribution in [3.63, 3.8) is 0 Å². The van der Waals surface area contributed by atoms with Crippen LogP contribution in [0, 0.1) is 26.9 Å². The van der Waals surface area contributed by atoms with Crippen molar-refractivity contribution in [2.75, 3.05) is 0 Å². The van der Waals surface area contributed by atoms with Crippen molar-refractivity contribution in [2.24, 2.45) is 0 Å². The third kappa shape index (κ3) is 5.88. The summed E-state index contributed by atoms with van der Waals surface area (Å²) in [6.07, 6.45) is 6.28. The van der Waals surface area contributed by atoms with Crippen molar-refractivity contribution >= 4 is 5.97 Å². The third-order valence-corrected chi connectivity index (χ3v) is 3.52. The van der Waals surface area contributed by atoms with Crippen molar-refractivity contribution in [3.05, 3.63) is 40.5 Å². The second-order valence-electron chi connectivity index (χ2n) is 5.74. The molecule has 0 amide bonds. The summed E-state index contributed by atoms with van der Waals surface area (Å²) in [7, 11) is 0. The Hall–Kier alpha value is -1.35. The van der Waals surface area contributed by atoms with Crippen LogP contribution in [-0.2, 0) is 9.78 Å². The van der Waals surface area contributed by atoms with Gasteiger partial charge in [0.15, 0.2) is 0 Å². The summed E-state index contributed by atoms with van der Waals surface area (Å²) in [5, 5.41) is 0. The van der Waals surface area contributed by atoms with Gasteiger partial charge in [0.2, 0.25) is 0 Å². The average Bonchev–Trinajstić information content (AvgIpc) is 2.40. The quantitative estimate of drug-likeness (QED) is 0.374. The van der Waals surface area contributed by atoms with Gasteiger partial charge < -0.3 is 0 Å². The summed E-state index contributed by atoms with van der Waals surface area (Å²) in [4.78, 5) is 22.2. The van der Waals surface area contributed by atoms with E-state index in [4.69, 9.17) is 9.78 Å². The lowest BCUT2D eigenvalue weighted by atomic mass is 10.0. The molecule has 0 aromatic heterocycles. The largest absolute Gasteiger partial charge is 0.373 e. The molecule has 0 saturated carbocycles. The molecule has 1 radical (unpaired) electrons. The van der Waals surface area contributed by atoms with Crippen LogP contribution in [0.15, 0.2) is 12.1 Å². The molecule has 1 aromatic rings. The van der Waals surface area contributed by atoms with Crippen molar-refractivity contribution < 1.29 is 14.6 Å². The fourth-order valence-electron chi connectivity index (χ4n) is 2.50. The van der Waals surface area contributed by atoms with Crippen LogP contribution in [0.2, 0.25) is 0 Å². The molecule has 0 fully saturated rings. The summed E-state index contributed by atoms with van der Waals surface area (Å²) in [6.45, 7) is 9.88. The first-order valence-electron chi connectivity index (χ1n) is 7.74. The molecule has 21 heavy (non-hydrogen) atoms. The summed E-state index contributed by atoms with van der Waals surface area (Å²) in [5.41, 5.74) is 3.57. The number of carbonyl (C=O) groups is 1. The number of unbranched alkanes of at least 4 members (excludes halogenated alkanes) is 3.